The van der Waals surface area contributed by atoms with Crippen LogP contribution < -0.4 is 5.11 Å². The van der Waals surface area contributed by atoms with E-state index in [1.807, 2.05) is 6.07 Å². The Labute approximate surface area is 117 Å². The fourth-order valence-corrected chi connectivity index (χ4v) is 2.05. The lowest BCUT2D eigenvalue weighted by Gasteiger charge is -2.34. The van der Waals surface area contributed by atoms with Gasteiger partial charge in [-0.3, -0.25) is 0 Å². The molecule has 0 aliphatic rings. The predicted octanol–water partition coefficient (Wildman–Crippen LogP) is 2.61. The van der Waals surface area contributed by atoms with Crippen LogP contribution in [0.25, 0.3) is 0 Å². The molecule has 0 saturated heterocycles. The van der Waals surface area contributed by atoms with Crippen LogP contribution in [-0.4, -0.2) is 35.7 Å². The molecule has 0 bridgehead atoms. The van der Waals surface area contributed by atoms with Crippen molar-refractivity contribution < 1.29 is 9.59 Å². The minimum Gasteiger partial charge on any atom is -0.864 e. The summed E-state index contributed by atoms with van der Waals surface area (Å²) < 4.78 is 1.28. The molecule has 1 aromatic rings. The van der Waals surface area contributed by atoms with Crippen LogP contribution in [0.5, 0.6) is 0 Å². The van der Waals surface area contributed by atoms with E-state index < -0.39 is 0 Å². The average Bonchev–Trinajstić information content (AvgIpc) is 2.44. The number of hydrogen-bond acceptors (Lipinski definition) is 2. The molecule has 0 heterocycles. The van der Waals surface area contributed by atoms with Gasteiger partial charge in [-0.2, -0.15) is 0 Å². The van der Waals surface area contributed by atoms with Crippen LogP contribution in [-0.2, 0) is 0 Å². The van der Waals surface area contributed by atoms with Crippen LogP contribution in [0.2, 0.25) is 0 Å². The van der Waals surface area contributed by atoms with Crippen LogP contribution >= 0.6 is 12.2 Å². The smallest absolute Gasteiger partial charge is 0.0757 e. The first-order valence-corrected chi connectivity index (χ1v) is 7.07. The summed E-state index contributed by atoms with van der Waals surface area (Å²) in [5.41, 5.74) is 0.590. The van der Waals surface area contributed by atoms with Crippen molar-refractivity contribution in [2.75, 3.05) is 26.2 Å². The third kappa shape index (κ3) is 5.61. The molecule has 0 unspecified atom stereocenters. The van der Waals surface area contributed by atoms with Crippen LogP contribution in [0.15, 0.2) is 30.3 Å². The van der Waals surface area contributed by atoms with Gasteiger partial charge in [0.25, 0.3) is 0 Å². The summed E-state index contributed by atoms with van der Waals surface area (Å²) in [6.45, 7) is 14.2. The molecule has 2 nitrogen and oxygen atoms in total. The SMILES string of the molecule is CC[N+](CC)(CC)CC.[O-]C(=S)c1ccccc1. The average molecular weight is 267 g/mol. The van der Waals surface area contributed by atoms with E-state index in [4.69, 9.17) is 0 Å². The Morgan fingerprint density at radius 2 is 1.33 bits per heavy atom. The first-order valence-electron chi connectivity index (χ1n) is 6.66. The fraction of sp³-hybridized carbons (Fsp3) is 0.533. The van der Waals surface area contributed by atoms with E-state index in [-0.39, 0.29) is 5.05 Å². The van der Waals surface area contributed by atoms with E-state index in [0.29, 0.717) is 5.56 Å². The first-order chi connectivity index (χ1) is 8.55. The topological polar surface area (TPSA) is 23.1 Å². The van der Waals surface area contributed by atoms with Crippen molar-refractivity contribution in [3.8, 4) is 0 Å². The van der Waals surface area contributed by atoms with Crippen LogP contribution in [0.1, 0.15) is 33.3 Å². The summed E-state index contributed by atoms with van der Waals surface area (Å²) in [5, 5.41) is 10.2. The summed E-state index contributed by atoms with van der Waals surface area (Å²) in [4.78, 5) is 0. The second kappa shape index (κ2) is 9.06. The van der Waals surface area contributed by atoms with Crippen LogP contribution in [0, 0.1) is 0 Å². The van der Waals surface area contributed by atoms with Crippen LogP contribution in [0.4, 0.5) is 0 Å². The zero-order valence-electron chi connectivity index (χ0n) is 12.0. The number of thiocarbonyl (C=S) groups is 1. The van der Waals surface area contributed by atoms with Gasteiger partial charge in [-0.15, -0.1) is 0 Å². The third-order valence-electron chi connectivity index (χ3n) is 3.69. The molecule has 18 heavy (non-hydrogen) atoms. The molecule has 0 amide bonds. The van der Waals surface area contributed by atoms with Crippen LogP contribution in [0.3, 0.4) is 0 Å². The molecular weight excluding hydrogens is 242 g/mol. The van der Waals surface area contributed by atoms with Gasteiger partial charge in [-0.05, 0) is 38.3 Å². The Hall–Kier alpha value is -0.930. The van der Waals surface area contributed by atoms with Gasteiger partial charge in [0.05, 0.1) is 26.2 Å². The second-order valence-corrected chi connectivity index (χ2v) is 4.63. The Morgan fingerprint density at radius 1 is 0.944 bits per heavy atom. The van der Waals surface area contributed by atoms with Crippen molar-refractivity contribution in [1.29, 1.82) is 0 Å². The van der Waals surface area contributed by atoms with E-state index in [9.17, 15) is 5.11 Å². The summed E-state index contributed by atoms with van der Waals surface area (Å²) in [6, 6.07) is 8.84. The second-order valence-electron chi connectivity index (χ2n) is 4.26. The van der Waals surface area contributed by atoms with Gasteiger partial charge in [0, 0.05) is 0 Å². The number of benzene rings is 1. The molecule has 0 fully saturated rings. The highest BCUT2D eigenvalue weighted by Gasteiger charge is 2.16. The molecule has 0 aromatic heterocycles. The van der Waals surface area contributed by atoms with Gasteiger partial charge in [-0.1, -0.05) is 42.5 Å². The van der Waals surface area contributed by atoms with Crippen molar-refractivity contribution in [2.24, 2.45) is 0 Å². The molecular formula is C15H25NOS. The summed E-state index contributed by atoms with van der Waals surface area (Å²) in [6.07, 6.45) is 0. The van der Waals surface area contributed by atoms with E-state index in [2.05, 4.69) is 39.9 Å². The normalized spacial score (nSPS) is 10.4. The maximum absolute atomic E-state index is 10.5. The van der Waals surface area contributed by atoms with Crippen molar-refractivity contribution in [2.45, 2.75) is 27.7 Å². The Bertz CT molecular complexity index is 316. The molecule has 102 valence electrons. The molecule has 0 radical (unpaired) electrons. The van der Waals surface area contributed by atoms with Gasteiger partial charge in [0.1, 0.15) is 0 Å². The quantitative estimate of drug-likeness (QED) is 0.604. The highest BCUT2D eigenvalue weighted by Crippen LogP contribution is 2.03. The maximum atomic E-state index is 10.5. The zero-order valence-corrected chi connectivity index (χ0v) is 12.8. The standard InChI is InChI=1S/C8H20N.C7H6OS/c1-5-9(6-2,7-3)8-4;8-7(9)6-4-2-1-3-5-6/h5-8H2,1-4H3;1-5H,(H,8,9)/q+1;/p-1. The van der Waals surface area contributed by atoms with Crippen molar-refractivity contribution in [1.82, 2.24) is 0 Å². The molecule has 0 spiro atoms. The number of nitrogens with zero attached hydrogens (tertiary/aromatic N) is 1. The molecule has 3 heteroatoms. The third-order valence-corrected chi connectivity index (χ3v) is 3.93. The van der Waals surface area contributed by atoms with E-state index in [0.717, 1.165) is 0 Å². The lowest BCUT2D eigenvalue weighted by atomic mass is 10.2. The Morgan fingerprint density at radius 3 is 1.50 bits per heavy atom. The summed E-state index contributed by atoms with van der Waals surface area (Å²) in [5.74, 6) is 0. The van der Waals surface area contributed by atoms with Gasteiger partial charge in [0.15, 0.2) is 0 Å². The van der Waals surface area contributed by atoms with Crippen molar-refractivity contribution in [3.05, 3.63) is 35.9 Å². The first kappa shape index (κ1) is 17.1. The van der Waals surface area contributed by atoms with Crippen molar-refractivity contribution in [3.63, 3.8) is 0 Å². The summed E-state index contributed by atoms with van der Waals surface area (Å²) >= 11 is 4.41. The Kier molecular flexibility index (Phi) is 8.59. The molecule has 0 N–H and O–H groups in total. The van der Waals surface area contributed by atoms with Gasteiger partial charge >= 0.3 is 0 Å². The van der Waals surface area contributed by atoms with Gasteiger partial charge in [0.2, 0.25) is 0 Å². The summed E-state index contributed by atoms with van der Waals surface area (Å²) in [7, 11) is 0. The number of quaternary nitrogens is 1. The molecule has 1 rings (SSSR count). The minimum atomic E-state index is -0.296. The molecule has 0 saturated carbocycles. The predicted molar refractivity (Wildman–Crippen MR) is 80.6 cm³/mol. The molecule has 0 aliphatic carbocycles. The minimum absolute atomic E-state index is 0.296. The Balaban J connectivity index is 0.000000321. The molecule has 0 atom stereocenters. The van der Waals surface area contributed by atoms with E-state index >= 15 is 0 Å². The number of rotatable bonds is 5. The van der Waals surface area contributed by atoms with E-state index in [1.54, 1.807) is 24.3 Å². The highest BCUT2D eigenvalue weighted by atomic mass is 32.1. The fourth-order valence-electron chi connectivity index (χ4n) is 1.92. The van der Waals surface area contributed by atoms with Gasteiger partial charge in [-0.25, -0.2) is 0 Å². The largest absolute Gasteiger partial charge is 0.864 e. The van der Waals surface area contributed by atoms with E-state index in [1.165, 1.54) is 30.7 Å². The zero-order chi connectivity index (χ0) is 14.0. The maximum Gasteiger partial charge on any atom is 0.0757 e. The lowest BCUT2D eigenvalue weighted by Crippen LogP contribution is -2.47. The number of hydrogen-bond donors (Lipinski definition) is 0. The highest BCUT2D eigenvalue weighted by molar-refractivity contribution is 7.80. The monoisotopic (exact) mass is 267 g/mol. The lowest BCUT2D eigenvalue weighted by molar-refractivity contribution is -0.921. The molecule has 0 aliphatic heterocycles. The van der Waals surface area contributed by atoms with Crippen molar-refractivity contribution >= 4 is 17.3 Å². The molecule has 1 aromatic carbocycles. The van der Waals surface area contributed by atoms with Gasteiger partial charge < -0.3 is 9.59 Å².